The molecule has 1 aliphatic heterocycles. The van der Waals surface area contributed by atoms with Crippen molar-refractivity contribution in [2.75, 3.05) is 13.2 Å². The molecule has 1 aromatic heterocycles. The molecule has 14 heavy (non-hydrogen) atoms. The summed E-state index contributed by atoms with van der Waals surface area (Å²) >= 11 is 1.28. The fourth-order valence-corrected chi connectivity index (χ4v) is 2.45. The van der Waals surface area contributed by atoms with Gasteiger partial charge in [-0.25, -0.2) is 9.78 Å². The van der Waals surface area contributed by atoms with E-state index in [2.05, 4.69) is 4.98 Å². The lowest BCUT2D eigenvalue weighted by Gasteiger charge is -2.19. The second-order valence-corrected chi connectivity index (χ2v) is 4.32. The van der Waals surface area contributed by atoms with Crippen LogP contribution >= 0.6 is 11.3 Å². The van der Waals surface area contributed by atoms with Crippen molar-refractivity contribution in [3.8, 4) is 0 Å². The number of rotatable bonds is 2. The maximum absolute atomic E-state index is 10.6. The summed E-state index contributed by atoms with van der Waals surface area (Å²) in [5.74, 6) is -0.498. The van der Waals surface area contributed by atoms with Crippen molar-refractivity contribution in [2.45, 2.75) is 18.8 Å². The van der Waals surface area contributed by atoms with Crippen molar-refractivity contribution >= 4 is 17.3 Å². The predicted molar refractivity (Wildman–Crippen MR) is 51.9 cm³/mol. The lowest BCUT2D eigenvalue weighted by atomic mass is 10.0. The average molecular weight is 213 g/mol. The van der Waals surface area contributed by atoms with E-state index in [1.165, 1.54) is 17.5 Å². The van der Waals surface area contributed by atoms with Gasteiger partial charge in [-0.2, -0.15) is 0 Å². The largest absolute Gasteiger partial charge is 0.477 e. The summed E-state index contributed by atoms with van der Waals surface area (Å²) in [7, 11) is 0. The van der Waals surface area contributed by atoms with Crippen molar-refractivity contribution < 1.29 is 14.6 Å². The highest BCUT2D eigenvalue weighted by Gasteiger charge is 2.20. The van der Waals surface area contributed by atoms with E-state index < -0.39 is 5.97 Å². The van der Waals surface area contributed by atoms with Gasteiger partial charge < -0.3 is 9.84 Å². The minimum absolute atomic E-state index is 0.325. The molecule has 76 valence electrons. The number of hydrogen-bond donors (Lipinski definition) is 1. The van der Waals surface area contributed by atoms with Crippen molar-refractivity contribution in [1.29, 1.82) is 0 Å². The number of aromatic carboxylic acids is 1. The van der Waals surface area contributed by atoms with Crippen LogP contribution in [-0.2, 0) is 4.74 Å². The number of nitrogens with zero attached hydrogens (tertiary/aromatic N) is 1. The maximum atomic E-state index is 10.6. The van der Waals surface area contributed by atoms with E-state index in [0.29, 0.717) is 10.8 Å². The molecule has 0 unspecified atom stereocenters. The van der Waals surface area contributed by atoms with Crippen LogP contribution in [0.15, 0.2) is 6.20 Å². The lowest BCUT2D eigenvalue weighted by molar-refractivity contribution is 0.0702. The fraction of sp³-hybridized carbons (Fsp3) is 0.556. The zero-order valence-electron chi connectivity index (χ0n) is 7.60. The van der Waals surface area contributed by atoms with Gasteiger partial charge in [-0.3, -0.25) is 0 Å². The third-order valence-electron chi connectivity index (χ3n) is 2.30. The van der Waals surface area contributed by atoms with Gasteiger partial charge in [0.2, 0.25) is 0 Å². The van der Waals surface area contributed by atoms with Crippen LogP contribution in [0.1, 0.15) is 33.4 Å². The standard InChI is InChI=1S/C9H11NO3S/c11-9(12)7-5-10-8(14-7)6-1-3-13-4-2-6/h5-6H,1-4H2,(H,11,12). The molecule has 1 N–H and O–H groups in total. The number of carboxylic acid groups (broad SMARTS) is 1. The third kappa shape index (κ3) is 1.93. The van der Waals surface area contributed by atoms with E-state index in [-0.39, 0.29) is 0 Å². The highest BCUT2D eigenvalue weighted by molar-refractivity contribution is 7.13. The first kappa shape index (κ1) is 9.61. The first-order valence-corrected chi connectivity index (χ1v) is 5.36. The Labute approximate surface area is 85.5 Å². The molecular formula is C9H11NO3S. The van der Waals surface area contributed by atoms with Crippen LogP contribution in [0.5, 0.6) is 0 Å². The Morgan fingerprint density at radius 3 is 2.86 bits per heavy atom. The van der Waals surface area contributed by atoms with Gasteiger partial charge >= 0.3 is 5.97 Å². The Hall–Kier alpha value is -0.940. The summed E-state index contributed by atoms with van der Waals surface area (Å²) in [6.45, 7) is 1.51. The minimum atomic E-state index is -0.888. The first-order valence-electron chi connectivity index (χ1n) is 4.54. The number of thiazole rings is 1. The molecule has 2 heterocycles. The summed E-state index contributed by atoms with van der Waals surface area (Å²) in [6, 6.07) is 0. The zero-order chi connectivity index (χ0) is 9.97. The lowest BCUT2D eigenvalue weighted by Crippen LogP contribution is -2.13. The smallest absolute Gasteiger partial charge is 0.347 e. The molecule has 0 amide bonds. The summed E-state index contributed by atoms with van der Waals surface area (Å²) in [4.78, 5) is 15.1. The van der Waals surface area contributed by atoms with E-state index in [9.17, 15) is 4.79 Å². The maximum Gasteiger partial charge on any atom is 0.347 e. The summed E-state index contributed by atoms with van der Waals surface area (Å²) in [6.07, 6.45) is 3.34. The normalized spacial score (nSPS) is 18.3. The minimum Gasteiger partial charge on any atom is -0.477 e. The van der Waals surface area contributed by atoms with Gasteiger partial charge in [-0.05, 0) is 12.8 Å². The van der Waals surface area contributed by atoms with Crippen LogP contribution in [0.3, 0.4) is 0 Å². The number of ether oxygens (including phenoxy) is 1. The number of aromatic nitrogens is 1. The molecule has 4 nitrogen and oxygen atoms in total. The van der Waals surface area contributed by atoms with Gasteiger partial charge in [0.05, 0.1) is 11.2 Å². The molecule has 0 saturated carbocycles. The number of carbonyl (C=O) groups is 1. The summed E-state index contributed by atoms with van der Waals surface area (Å²) in [5, 5.41) is 9.68. The summed E-state index contributed by atoms with van der Waals surface area (Å²) in [5.41, 5.74) is 0. The van der Waals surface area contributed by atoms with Crippen molar-refractivity contribution in [3.63, 3.8) is 0 Å². The summed E-state index contributed by atoms with van der Waals surface area (Å²) < 4.78 is 5.24. The predicted octanol–water partition coefficient (Wildman–Crippen LogP) is 1.74. The van der Waals surface area contributed by atoms with E-state index in [1.54, 1.807) is 0 Å². The van der Waals surface area contributed by atoms with Gasteiger partial charge in [0.1, 0.15) is 4.88 Å². The Bertz CT molecular complexity index is 331. The van der Waals surface area contributed by atoms with Crippen molar-refractivity contribution in [3.05, 3.63) is 16.1 Å². The second kappa shape index (κ2) is 4.06. The van der Waals surface area contributed by atoms with E-state index in [4.69, 9.17) is 9.84 Å². The van der Waals surface area contributed by atoms with Crippen LogP contribution in [0.25, 0.3) is 0 Å². The molecule has 0 aliphatic carbocycles. The van der Waals surface area contributed by atoms with Crippen LogP contribution in [0, 0.1) is 0 Å². The van der Waals surface area contributed by atoms with Crippen molar-refractivity contribution in [2.24, 2.45) is 0 Å². The van der Waals surface area contributed by atoms with Gasteiger partial charge in [0.15, 0.2) is 0 Å². The molecule has 1 aromatic rings. The van der Waals surface area contributed by atoms with Gasteiger partial charge in [-0.1, -0.05) is 0 Å². The topological polar surface area (TPSA) is 59.4 Å². The van der Waals surface area contributed by atoms with Gasteiger partial charge in [0.25, 0.3) is 0 Å². The highest BCUT2D eigenvalue weighted by atomic mass is 32.1. The molecule has 0 atom stereocenters. The highest BCUT2D eigenvalue weighted by Crippen LogP contribution is 2.29. The molecule has 0 bridgehead atoms. The molecular weight excluding hydrogens is 202 g/mol. The van der Waals surface area contributed by atoms with Crippen LogP contribution in [-0.4, -0.2) is 29.3 Å². The Morgan fingerprint density at radius 1 is 1.57 bits per heavy atom. The van der Waals surface area contributed by atoms with E-state index in [0.717, 1.165) is 31.1 Å². The quantitative estimate of drug-likeness (QED) is 0.812. The molecule has 0 radical (unpaired) electrons. The van der Waals surface area contributed by atoms with Crippen molar-refractivity contribution in [1.82, 2.24) is 4.98 Å². The molecule has 1 aliphatic rings. The number of carboxylic acids is 1. The van der Waals surface area contributed by atoms with E-state index in [1.807, 2.05) is 0 Å². The number of hydrogen-bond acceptors (Lipinski definition) is 4. The Kier molecular flexibility index (Phi) is 2.79. The Morgan fingerprint density at radius 2 is 2.29 bits per heavy atom. The van der Waals surface area contributed by atoms with Gasteiger partial charge in [0, 0.05) is 19.1 Å². The third-order valence-corrected chi connectivity index (χ3v) is 3.45. The molecule has 0 spiro atoms. The monoisotopic (exact) mass is 213 g/mol. The van der Waals surface area contributed by atoms with Crippen LogP contribution < -0.4 is 0 Å². The SMILES string of the molecule is O=C(O)c1cnc(C2CCOCC2)s1. The van der Waals surface area contributed by atoms with Crippen LogP contribution in [0.2, 0.25) is 0 Å². The first-order chi connectivity index (χ1) is 6.77. The molecule has 1 saturated heterocycles. The van der Waals surface area contributed by atoms with E-state index >= 15 is 0 Å². The van der Waals surface area contributed by atoms with Crippen LogP contribution in [0.4, 0.5) is 0 Å². The molecule has 2 rings (SSSR count). The molecule has 0 aromatic carbocycles. The second-order valence-electron chi connectivity index (χ2n) is 3.25. The zero-order valence-corrected chi connectivity index (χ0v) is 8.42. The Balaban J connectivity index is 2.11. The average Bonchev–Trinajstić information content (AvgIpc) is 2.68. The molecule has 1 fully saturated rings. The van der Waals surface area contributed by atoms with Gasteiger partial charge in [-0.15, -0.1) is 11.3 Å². The molecule has 5 heteroatoms. The fourth-order valence-electron chi connectivity index (χ4n) is 1.52.